The summed E-state index contributed by atoms with van der Waals surface area (Å²) >= 11 is 0. The summed E-state index contributed by atoms with van der Waals surface area (Å²) in [5.41, 5.74) is -3.47. The number of alkyl halides is 3. The van der Waals surface area contributed by atoms with E-state index in [0.717, 1.165) is 18.2 Å². The Hall–Kier alpha value is -3.01. The molecule has 10 heteroatoms. The summed E-state index contributed by atoms with van der Waals surface area (Å²) in [6.45, 7) is 4.12. The van der Waals surface area contributed by atoms with Gasteiger partial charge in [-0.1, -0.05) is 19.9 Å². The van der Waals surface area contributed by atoms with E-state index in [2.05, 4.69) is 15.3 Å². The Labute approximate surface area is 179 Å². The van der Waals surface area contributed by atoms with E-state index in [4.69, 9.17) is 0 Å². The highest BCUT2D eigenvalue weighted by atomic mass is 19.4. The minimum absolute atomic E-state index is 0.0255. The smallest absolute Gasteiger partial charge is 0.419 e. The first-order chi connectivity index (χ1) is 14.9. The molecule has 4 atom stereocenters. The molecule has 0 spiro atoms. The molecule has 1 heterocycles. The van der Waals surface area contributed by atoms with Crippen molar-refractivity contribution in [1.82, 2.24) is 9.97 Å². The van der Waals surface area contributed by atoms with Gasteiger partial charge in [-0.15, -0.1) is 0 Å². The lowest BCUT2D eigenvalue weighted by Gasteiger charge is -2.49. The average Bonchev–Trinajstić information content (AvgIpc) is 2.72. The molecule has 1 aliphatic rings. The van der Waals surface area contributed by atoms with Crippen molar-refractivity contribution in [2.24, 2.45) is 5.92 Å². The van der Waals surface area contributed by atoms with Crippen LogP contribution in [0, 0.1) is 24.5 Å². The first-order valence-corrected chi connectivity index (χ1v) is 9.86. The van der Waals surface area contributed by atoms with Crippen molar-refractivity contribution in [2.75, 3.05) is 5.32 Å². The number of halogens is 5. The highest BCUT2D eigenvalue weighted by Crippen LogP contribution is 2.57. The Morgan fingerprint density at radius 3 is 2.38 bits per heavy atom. The molecule has 0 amide bonds. The molecule has 0 aliphatic heterocycles. The fourth-order valence-corrected chi connectivity index (χ4v) is 4.52. The number of anilines is 1. The molecule has 0 saturated heterocycles. The largest absolute Gasteiger partial charge is 0.505 e. The van der Waals surface area contributed by atoms with E-state index in [1.165, 1.54) is 26.1 Å². The molecule has 0 saturated carbocycles. The van der Waals surface area contributed by atoms with Crippen LogP contribution in [0.2, 0.25) is 0 Å². The molecular formula is C22H20F5N3O2. The summed E-state index contributed by atoms with van der Waals surface area (Å²) in [7, 11) is 0. The molecule has 1 aliphatic carbocycles. The van der Waals surface area contributed by atoms with E-state index < -0.39 is 47.0 Å². The van der Waals surface area contributed by atoms with E-state index >= 15 is 0 Å². The van der Waals surface area contributed by atoms with Gasteiger partial charge in [0.25, 0.3) is 0 Å². The van der Waals surface area contributed by atoms with Crippen LogP contribution >= 0.6 is 0 Å². The molecule has 3 aromatic rings. The maximum Gasteiger partial charge on any atom is 0.419 e. The van der Waals surface area contributed by atoms with Gasteiger partial charge in [-0.25, -0.2) is 18.7 Å². The van der Waals surface area contributed by atoms with Crippen molar-refractivity contribution >= 4 is 16.6 Å². The summed E-state index contributed by atoms with van der Waals surface area (Å²) in [5.74, 6) is -4.62. The first-order valence-electron chi connectivity index (χ1n) is 9.86. The Balaban J connectivity index is 1.97. The predicted octanol–water partition coefficient (Wildman–Crippen LogP) is 5.12. The lowest BCUT2D eigenvalue weighted by atomic mass is 9.64. The standard InChI is InChI=1S/C22H20F5N3O2/c1-9-10(2)21(32,22(25,26)27)20(12-4-5-15(24)19(31)17(9)12)30-16-7-6-14(23)18-13(16)8-28-11(3)29-18/h4-10,20,30-32H,1-3H3. The second-order valence-corrected chi connectivity index (χ2v) is 8.15. The summed E-state index contributed by atoms with van der Waals surface area (Å²) in [5, 5.41) is 24.2. The van der Waals surface area contributed by atoms with E-state index in [1.807, 2.05) is 0 Å². The third kappa shape index (κ3) is 3.08. The SMILES string of the molecule is Cc1ncc2c(NC3c4ccc(F)c(O)c4C(C)C(C)C3(O)C(F)(F)F)ccc(F)c2n1. The normalized spacial score (nSPS) is 25.6. The number of hydrogen-bond acceptors (Lipinski definition) is 5. The van der Waals surface area contributed by atoms with Gasteiger partial charge < -0.3 is 15.5 Å². The molecule has 2 aromatic carbocycles. The lowest BCUT2D eigenvalue weighted by Crippen LogP contribution is -2.60. The van der Waals surface area contributed by atoms with Crippen LogP contribution in [0.3, 0.4) is 0 Å². The van der Waals surface area contributed by atoms with E-state index in [1.54, 1.807) is 6.92 Å². The van der Waals surface area contributed by atoms with E-state index in [0.29, 0.717) is 0 Å². The van der Waals surface area contributed by atoms with Crippen LogP contribution in [-0.4, -0.2) is 32.0 Å². The van der Waals surface area contributed by atoms with Crippen molar-refractivity contribution in [3.8, 4) is 5.75 Å². The number of phenolic OH excluding ortho intramolecular Hbond substituents is 1. The molecule has 0 bridgehead atoms. The van der Waals surface area contributed by atoms with Crippen molar-refractivity contribution in [3.63, 3.8) is 0 Å². The van der Waals surface area contributed by atoms with Gasteiger partial charge in [0.2, 0.25) is 0 Å². The van der Waals surface area contributed by atoms with Gasteiger partial charge >= 0.3 is 6.18 Å². The topological polar surface area (TPSA) is 78.3 Å². The highest BCUT2D eigenvalue weighted by molar-refractivity contribution is 5.91. The van der Waals surface area contributed by atoms with E-state index in [-0.39, 0.29) is 33.5 Å². The van der Waals surface area contributed by atoms with Crippen molar-refractivity contribution in [3.05, 3.63) is 59.0 Å². The average molecular weight is 453 g/mol. The van der Waals surface area contributed by atoms with Gasteiger partial charge in [0.05, 0.1) is 6.04 Å². The zero-order valence-corrected chi connectivity index (χ0v) is 17.3. The number of benzene rings is 2. The number of nitrogens with zero attached hydrogens (tertiary/aromatic N) is 2. The van der Waals surface area contributed by atoms with Crippen LogP contribution in [-0.2, 0) is 0 Å². The van der Waals surface area contributed by atoms with Gasteiger partial charge in [-0.05, 0) is 36.6 Å². The summed E-state index contributed by atoms with van der Waals surface area (Å²) < 4.78 is 71.2. The van der Waals surface area contributed by atoms with Crippen LogP contribution in [0.4, 0.5) is 27.6 Å². The monoisotopic (exact) mass is 453 g/mol. The number of aryl methyl sites for hydroxylation is 1. The maximum atomic E-state index is 14.3. The molecular weight excluding hydrogens is 433 g/mol. The molecule has 5 nitrogen and oxygen atoms in total. The van der Waals surface area contributed by atoms with Crippen molar-refractivity contribution < 1.29 is 32.2 Å². The molecule has 170 valence electrons. The van der Waals surface area contributed by atoms with Crippen LogP contribution in [0.5, 0.6) is 5.75 Å². The fourth-order valence-electron chi connectivity index (χ4n) is 4.52. The summed E-state index contributed by atoms with van der Waals surface area (Å²) in [4.78, 5) is 8.00. The van der Waals surface area contributed by atoms with Crippen molar-refractivity contribution in [1.29, 1.82) is 0 Å². The van der Waals surface area contributed by atoms with Crippen LogP contribution < -0.4 is 5.32 Å². The Kier molecular flexibility index (Phi) is 5.04. The second-order valence-electron chi connectivity index (χ2n) is 8.15. The van der Waals surface area contributed by atoms with Gasteiger partial charge in [0.15, 0.2) is 17.2 Å². The second kappa shape index (κ2) is 7.26. The van der Waals surface area contributed by atoms with Crippen LogP contribution in [0.25, 0.3) is 10.9 Å². The number of rotatable bonds is 2. The molecule has 0 fully saturated rings. The van der Waals surface area contributed by atoms with Crippen LogP contribution in [0.15, 0.2) is 30.5 Å². The first kappa shape index (κ1) is 22.2. The number of nitrogens with one attached hydrogen (secondary N) is 1. The lowest BCUT2D eigenvalue weighted by molar-refractivity contribution is -0.289. The van der Waals surface area contributed by atoms with Crippen LogP contribution in [0.1, 0.15) is 42.8 Å². The summed E-state index contributed by atoms with van der Waals surface area (Å²) in [6.07, 6.45) is -3.81. The molecule has 1 aromatic heterocycles. The zero-order valence-electron chi connectivity index (χ0n) is 17.3. The summed E-state index contributed by atoms with van der Waals surface area (Å²) in [6, 6.07) is 2.39. The van der Waals surface area contributed by atoms with Gasteiger partial charge in [-0.3, -0.25) is 0 Å². The minimum Gasteiger partial charge on any atom is -0.505 e. The molecule has 0 radical (unpaired) electrons. The molecule has 32 heavy (non-hydrogen) atoms. The Morgan fingerprint density at radius 1 is 1.06 bits per heavy atom. The number of aromatic hydroxyl groups is 1. The molecule has 4 unspecified atom stereocenters. The zero-order chi connectivity index (χ0) is 23.6. The third-order valence-corrected chi connectivity index (χ3v) is 6.43. The van der Waals surface area contributed by atoms with Crippen molar-refractivity contribution in [2.45, 2.75) is 44.5 Å². The third-order valence-electron chi connectivity index (χ3n) is 6.43. The number of aromatic nitrogens is 2. The Morgan fingerprint density at radius 2 is 1.72 bits per heavy atom. The Bertz CT molecular complexity index is 1220. The van der Waals surface area contributed by atoms with Gasteiger partial charge in [0, 0.05) is 28.8 Å². The molecule has 3 N–H and O–H groups in total. The predicted molar refractivity (Wildman–Crippen MR) is 107 cm³/mol. The van der Waals surface area contributed by atoms with Gasteiger partial charge in [0.1, 0.15) is 17.2 Å². The quantitative estimate of drug-likeness (QED) is 0.470. The maximum absolute atomic E-state index is 14.3. The fraction of sp³-hybridized carbons (Fsp3) is 0.364. The number of hydrogen-bond donors (Lipinski definition) is 3. The number of phenols is 1. The van der Waals surface area contributed by atoms with Gasteiger partial charge in [-0.2, -0.15) is 13.2 Å². The molecule has 4 rings (SSSR count). The number of fused-ring (bicyclic) bond motifs is 2. The van der Waals surface area contributed by atoms with E-state index in [9.17, 15) is 32.2 Å². The minimum atomic E-state index is -5.08. The number of aliphatic hydroxyl groups is 1. The highest BCUT2D eigenvalue weighted by Gasteiger charge is 2.65.